The van der Waals surface area contributed by atoms with Gasteiger partial charge in [0, 0.05) is 17.3 Å². The van der Waals surface area contributed by atoms with Crippen LogP contribution < -0.4 is 21.1 Å². The van der Waals surface area contributed by atoms with Crippen molar-refractivity contribution in [2.24, 2.45) is 5.92 Å². The number of para-hydroxylation sites is 1. The third-order valence-electron chi connectivity index (χ3n) is 4.90. The second-order valence-corrected chi connectivity index (χ2v) is 6.78. The average Bonchev–Trinajstić information content (AvgIpc) is 2.69. The lowest BCUT2D eigenvalue weighted by Crippen LogP contribution is -2.25. The van der Waals surface area contributed by atoms with Gasteiger partial charge in [-0.25, -0.2) is 0 Å². The molecule has 0 atom stereocenters. The number of methoxy groups -OCH3 is 1. The van der Waals surface area contributed by atoms with Crippen LogP contribution in [0.5, 0.6) is 5.75 Å². The first kappa shape index (κ1) is 21.6. The van der Waals surface area contributed by atoms with E-state index in [0.29, 0.717) is 28.4 Å². The molecule has 1 aliphatic carbocycles. The molecular weight excluding hydrogens is 378 g/mol. The smallest absolute Gasteiger partial charge is 0.257 e. The summed E-state index contributed by atoms with van der Waals surface area (Å²) >= 11 is 0. The molecule has 150 valence electrons. The zero-order valence-corrected chi connectivity index (χ0v) is 16.7. The largest absolute Gasteiger partial charge is 0.495 e. The molecular formula is C21H26ClN3O3. The number of anilines is 3. The summed E-state index contributed by atoms with van der Waals surface area (Å²) in [4.78, 5) is 25.0. The van der Waals surface area contributed by atoms with Gasteiger partial charge >= 0.3 is 0 Å². The molecule has 6 nitrogen and oxygen atoms in total. The van der Waals surface area contributed by atoms with Crippen LogP contribution in [0.3, 0.4) is 0 Å². The number of nitrogens with one attached hydrogen (secondary N) is 2. The highest BCUT2D eigenvalue weighted by molar-refractivity contribution is 6.08. The van der Waals surface area contributed by atoms with E-state index in [9.17, 15) is 9.59 Å². The molecule has 1 saturated carbocycles. The SMILES string of the molecule is COc1ccc(NC(=O)c2ccccc2N)cc1NC(=O)C1CCCCC1.Cl. The van der Waals surface area contributed by atoms with E-state index in [4.69, 9.17) is 10.5 Å². The van der Waals surface area contributed by atoms with Crippen molar-refractivity contribution in [3.05, 3.63) is 48.0 Å². The topological polar surface area (TPSA) is 93.4 Å². The Hall–Kier alpha value is -2.73. The van der Waals surface area contributed by atoms with E-state index in [0.717, 1.165) is 25.7 Å². The number of hydrogen-bond donors (Lipinski definition) is 3. The van der Waals surface area contributed by atoms with Gasteiger partial charge in [-0.3, -0.25) is 9.59 Å². The van der Waals surface area contributed by atoms with Crippen molar-refractivity contribution in [3.8, 4) is 5.75 Å². The Bertz CT molecular complexity index is 835. The van der Waals surface area contributed by atoms with Crippen molar-refractivity contribution < 1.29 is 14.3 Å². The minimum Gasteiger partial charge on any atom is -0.495 e. The van der Waals surface area contributed by atoms with E-state index in [1.54, 1.807) is 49.6 Å². The maximum Gasteiger partial charge on any atom is 0.257 e. The fraction of sp³-hybridized carbons (Fsp3) is 0.333. The van der Waals surface area contributed by atoms with Gasteiger partial charge in [-0.2, -0.15) is 0 Å². The normalized spacial score (nSPS) is 13.9. The van der Waals surface area contributed by atoms with Crippen molar-refractivity contribution in [1.82, 2.24) is 0 Å². The van der Waals surface area contributed by atoms with Crippen molar-refractivity contribution in [2.75, 3.05) is 23.5 Å². The second kappa shape index (κ2) is 9.99. The first-order valence-corrected chi connectivity index (χ1v) is 9.23. The van der Waals surface area contributed by atoms with Crippen molar-refractivity contribution in [3.63, 3.8) is 0 Å². The molecule has 0 radical (unpaired) electrons. The highest BCUT2D eigenvalue weighted by Gasteiger charge is 2.22. The van der Waals surface area contributed by atoms with Gasteiger partial charge in [0.2, 0.25) is 5.91 Å². The van der Waals surface area contributed by atoms with Crippen LogP contribution in [0.2, 0.25) is 0 Å². The fourth-order valence-electron chi connectivity index (χ4n) is 3.39. The monoisotopic (exact) mass is 403 g/mol. The van der Waals surface area contributed by atoms with Crippen LogP contribution >= 0.6 is 12.4 Å². The Morgan fingerprint density at radius 1 is 1.04 bits per heavy atom. The molecule has 4 N–H and O–H groups in total. The van der Waals surface area contributed by atoms with E-state index in [-0.39, 0.29) is 30.1 Å². The fourth-order valence-corrected chi connectivity index (χ4v) is 3.39. The van der Waals surface area contributed by atoms with Gasteiger partial charge in [0.1, 0.15) is 5.75 Å². The first-order valence-electron chi connectivity index (χ1n) is 9.23. The van der Waals surface area contributed by atoms with Crippen LogP contribution in [0.15, 0.2) is 42.5 Å². The quantitative estimate of drug-likeness (QED) is 0.642. The van der Waals surface area contributed by atoms with Crippen LogP contribution in [0, 0.1) is 5.92 Å². The summed E-state index contributed by atoms with van der Waals surface area (Å²) in [5.41, 5.74) is 7.78. The van der Waals surface area contributed by atoms with E-state index in [1.807, 2.05) is 0 Å². The van der Waals surface area contributed by atoms with Crippen molar-refractivity contribution in [1.29, 1.82) is 0 Å². The second-order valence-electron chi connectivity index (χ2n) is 6.78. The number of ether oxygens (including phenoxy) is 1. The lowest BCUT2D eigenvalue weighted by molar-refractivity contribution is -0.120. The minimum absolute atomic E-state index is 0. The third-order valence-corrected chi connectivity index (χ3v) is 4.90. The van der Waals surface area contributed by atoms with Crippen LogP contribution in [0.4, 0.5) is 17.1 Å². The summed E-state index contributed by atoms with van der Waals surface area (Å²) < 4.78 is 5.35. The maximum atomic E-state index is 12.6. The molecule has 1 fully saturated rings. The number of benzene rings is 2. The highest BCUT2D eigenvalue weighted by atomic mass is 35.5. The Morgan fingerprint density at radius 2 is 1.75 bits per heavy atom. The molecule has 0 heterocycles. The average molecular weight is 404 g/mol. The molecule has 3 rings (SSSR count). The highest BCUT2D eigenvalue weighted by Crippen LogP contribution is 2.31. The number of hydrogen-bond acceptors (Lipinski definition) is 4. The summed E-state index contributed by atoms with van der Waals surface area (Å²) in [7, 11) is 1.55. The van der Waals surface area contributed by atoms with Crippen molar-refractivity contribution >= 4 is 41.3 Å². The van der Waals surface area contributed by atoms with Gasteiger partial charge in [-0.05, 0) is 43.2 Å². The van der Waals surface area contributed by atoms with E-state index in [2.05, 4.69) is 10.6 Å². The molecule has 28 heavy (non-hydrogen) atoms. The first-order chi connectivity index (χ1) is 13.1. The molecule has 0 aliphatic heterocycles. The summed E-state index contributed by atoms with van der Waals surface area (Å²) in [6.07, 6.45) is 5.20. The molecule has 2 amide bonds. The Morgan fingerprint density at radius 3 is 2.43 bits per heavy atom. The van der Waals surface area contributed by atoms with E-state index >= 15 is 0 Å². The predicted octanol–water partition coefficient (Wildman–Crippen LogP) is 4.47. The summed E-state index contributed by atoms with van der Waals surface area (Å²) in [5.74, 6) is 0.286. The lowest BCUT2D eigenvalue weighted by atomic mass is 9.88. The summed E-state index contributed by atoms with van der Waals surface area (Å²) in [6.45, 7) is 0. The number of carbonyl (C=O) groups is 2. The van der Waals surface area contributed by atoms with Gasteiger partial charge in [-0.1, -0.05) is 31.4 Å². The maximum absolute atomic E-state index is 12.6. The zero-order valence-electron chi connectivity index (χ0n) is 15.9. The Kier molecular flexibility index (Phi) is 7.70. The number of halogens is 1. The predicted molar refractivity (Wildman–Crippen MR) is 114 cm³/mol. The van der Waals surface area contributed by atoms with Crippen LogP contribution in [0.1, 0.15) is 42.5 Å². The number of rotatable bonds is 5. The Balaban J connectivity index is 0.00000280. The summed E-state index contributed by atoms with van der Waals surface area (Å²) in [6, 6.07) is 12.0. The third kappa shape index (κ3) is 5.16. The molecule has 7 heteroatoms. The van der Waals surface area contributed by atoms with Gasteiger partial charge in [-0.15, -0.1) is 12.4 Å². The molecule has 0 bridgehead atoms. The van der Waals surface area contributed by atoms with Crippen LogP contribution in [-0.2, 0) is 4.79 Å². The molecule has 0 unspecified atom stereocenters. The molecule has 0 spiro atoms. The standard InChI is InChI=1S/C21H25N3O3.ClH/c1-27-19-12-11-15(23-21(26)16-9-5-6-10-17(16)22)13-18(19)24-20(25)14-7-3-2-4-8-14;/h5-6,9-14H,2-4,7-8,22H2,1H3,(H,23,26)(H,24,25);1H. The van der Waals surface area contributed by atoms with Crippen LogP contribution in [-0.4, -0.2) is 18.9 Å². The van der Waals surface area contributed by atoms with Gasteiger partial charge < -0.3 is 21.1 Å². The molecule has 0 aromatic heterocycles. The van der Waals surface area contributed by atoms with E-state index < -0.39 is 0 Å². The molecule has 2 aromatic rings. The van der Waals surface area contributed by atoms with Crippen LogP contribution in [0.25, 0.3) is 0 Å². The number of carbonyl (C=O) groups excluding carboxylic acids is 2. The van der Waals surface area contributed by atoms with Gasteiger partial charge in [0.15, 0.2) is 0 Å². The minimum atomic E-state index is -0.303. The Labute approximate surface area is 171 Å². The number of amides is 2. The van der Waals surface area contributed by atoms with E-state index in [1.165, 1.54) is 6.42 Å². The molecule has 2 aromatic carbocycles. The van der Waals surface area contributed by atoms with Crippen molar-refractivity contribution in [2.45, 2.75) is 32.1 Å². The molecule has 0 saturated heterocycles. The van der Waals surface area contributed by atoms with Gasteiger partial charge in [0.25, 0.3) is 5.91 Å². The van der Waals surface area contributed by atoms with Gasteiger partial charge in [0.05, 0.1) is 18.4 Å². The summed E-state index contributed by atoms with van der Waals surface area (Å²) in [5, 5.41) is 5.77. The number of nitrogen functional groups attached to an aromatic ring is 1. The number of nitrogens with two attached hydrogens (primary N) is 1. The molecule has 1 aliphatic rings. The lowest BCUT2D eigenvalue weighted by Gasteiger charge is -2.21. The zero-order chi connectivity index (χ0) is 19.2.